The van der Waals surface area contributed by atoms with Crippen molar-refractivity contribution >= 4 is 45.6 Å². The van der Waals surface area contributed by atoms with E-state index in [0.29, 0.717) is 42.7 Å². The number of fused-ring (bicyclic) bond motifs is 2. The first-order valence-electron chi connectivity index (χ1n) is 6.49. The molecule has 22 heavy (non-hydrogen) atoms. The summed E-state index contributed by atoms with van der Waals surface area (Å²) < 4.78 is 0. The molecule has 0 bridgehead atoms. The molecule has 1 amide bonds. The summed E-state index contributed by atoms with van der Waals surface area (Å²) in [5.41, 5.74) is 1.29. The summed E-state index contributed by atoms with van der Waals surface area (Å²) in [5.74, 6) is -0.547. The fourth-order valence-corrected chi connectivity index (χ4v) is 3.20. The zero-order chi connectivity index (χ0) is 15.4. The Morgan fingerprint density at radius 2 is 1.77 bits per heavy atom. The summed E-state index contributed by atoms with van der Waals surface area (Å²) in [4.78, 5) is 19.1. The Balaban J connectivity index is 2.20. The molecule has 0 unspecified atom stereocenters. The first-order chi connectivity index (χ1) is 10.6. The molecule has 0 saturated heterocycles. The zero-order valence-corrected chi connectivity index (χ0v) is 12.5. The van der Waals surface area contributed by atoms with Crippen LogP contribution in [0, 0.1) is 0 Å². The van der Waals surface area contributed by atoms with E-state index in [1.54, 1.807) is 36.4 Å². The molecule has 2 aromatic carbocycles. The molecule has 0 saturated carbocycles. The standard InChI is InChI=1S/C16H8Cl2N2O2/c17-9-5-1-3-7-11(15(21)19-13(7)9)12-8-4-2-6-10(18)14(8)20-16(12)22/h1-6,19,21H. The lowest BCUT2D eigenvalue weighted by Crippen LogP contribution is -2.24. The number of carbonyl (C=O) groups excluding carboxylic acids is 1. The SMILES string of the molecule is O=C1N=c2c(Cl)cccc2=C1c1c(O)[nH]c2c(Cl)cccc12. The quantitative estimate of drug-likeness (QED) is 0.720. The highest BCUT2D eigenvalue weighted by Gasteiger charge is 2.26. The number of hydrogen-bond donors (Lipinski definition) is 2. The van der Waals surface area contributed by atoms with Crippen molar-refractivity contribution in [1.82, 2.24) is 4.98 Å². The van der Waals surface area contributed by atoms with Gasteiger partial charge in [0.25, 0.3) is 5.91 Å². The van der Waals surface area contributed by atoms with E-state index < -0.39 is 5.91 Å². The number of nitrogens with zero attached hydrogens (tertiary/aromatic N) is 1. The Hall–Kier alpha value is -2.30. The first-order valence-corrected chi connectivity index (χ1v) is 7.25. The second kappa shape index (κ2) is 4.60. The summed E-state index contributed by atoms with van der Waals surface area (Å²) in [5, 5.41) is 12.8. The molecule has 6 heteroatoms. The molecule has 0 spiro atoms. The second-order valence-corrected chi connectivity index (χ2v) is 5.75. The van der Waals surface area contributed by atoms with Crippen molar-refractivity contribution in [3.8, 4) is 5.88 Å². The molecule has 4 rings (SSSR count). The van der Waals surface area contributed by atoms with Gasteiger partial charge < -0.3 is 10.1 Å². The van der Waals surface area contributed by atoms with Gasteiger partial charge >= 0.3 is 0 Å². The van der Waals surface area contributed by atoms with Gasteiger partial charge in [0.1, 0.15) is 0 Å². The van der Waals surface area contributed by atoms with Crippen molar-refractivity contribution in [1.29, 1.82) is 0 Å². The molecule has 3 aromatic rings. The number of aromatic amines is 1. The summed E-state index contributed by atoms with van der Waals surface area (Å²) in [7, 11) is 0. The normalized spacial score (nSPS) is 13.5. The number of para-hydroxylation sites is 2. The Bertz CT molecular complexity index is 1080. The first kappa shape index (κ1) is 13.4. The number of rotatable bonds is 1. The van der Waals surface area contributed by atoms with Crippen molar-refractivity contribution < 1.29 is 9.90 Å². The van der Waals surface area contributed by atoms with Gasteiger partial charge in [-0.05, 0) is 12.1 Å². The Morgan fingerprint density at radius 3 is 2.59 bits per heavy atom. The van der Waals surface area contributed by atoms with E-state index in [-0.39, 0.29) is 5.88 Å². The highest BCUT2D eigenvalue weighted by Crippen LogP contribution is 2.36. The summed E-state index contributed by atoms with van der Waals surface area (Å²) in [6, 6.07) is 10.4. The highest BCUT2D eigenvalue weighted by molar-refractivity contribution is 6.36. The molecule has 0 atom stereocenters. The van der Waals surface area contributed by atoms with Crippen LogP contribution in [0.15, 0.2) is 41.4 Å². The zero-order valence-electron chi connectivity index (χ0n) is 11.0. The lowest BCUT2D eigenvalue weighted by atomic mass is 10.0. The minimum atomic E-state index is -0.431. The van der Waals surface area contributed by atoms with Gasteiger partial charge in [-0.15, -0.1) is 0 Å². The molecule has 1 aliphatic rings. The van der Waals surface area contributed by atoms with Crippen LogP contribution < -0.4 is 10.6 Å². The van der Waals surface area contributed by atoms with Crippen LogP contribution in [-0.4, -0.2) is 16.0 Å². The molecule has 0 radical (unpaired) electrons. The number of hydrogen-bond acceptors (Lipinski definition) is 2. The van der Waals surface area contributed by atoms with Crippen molar-refractivity contribution in [2.75, 3.05) is 0 Å². The molecule has 108 valence electrons. The van der Waals surface area contributed by atoms with Gasteiger partial charge in [-0.25, -0.2) is 4.99 Å². The van der Waals surface area contributed by atoms with Crippen molar-refractivity contribution in [2.45, 2.75) is 0 Å². The molecule has 1 aromatic heterocycles. The fourth-order valence-electron chi connectivity index (χ4n) is 2.77. The Morgan fingerprint density at radius 1 is 1.05 bits per heavy atom. The van der Waals surface area contributed by atoms with E-state index in [1.807, 2.05) is 0 Å². The summed E-state index contributed by atoms with van der Waals surface area (Å²) in [6.07, 6.45) is 0. The topological polar surface area (TPSA) is 65.4 Å². The van der Waals surface area contributed by atoms with E-state index in [0.717, 1.165) is 0 Å². The number of aromatic hydroxyl groups is 1. The van der Waals surface area contributed by atoms with Crippen molar-refractivity contribution in [3.05, 3.63) is 62.6 Å². The van der Waals surface area contributed by atoms with Crippen LogP contribution in [-0.2, 0) is 4.79 Å². The van der Waals surface area contributed by atoms with E-state index in [1.165, 1.54) is 0 Å². The van der Waals surface area contributed by atoms with Gasteiger partial charge in [-0.2, -0.15) is 0 Å². The van der Waals surface area contributed by atoms with Crippen LogP contribution in [0.4, 0.5) is 0 Å². The number of benzene rings is 2. The third-order valence-electron chi connectivity index (χ3n) is 3.70. The maximum absolute atomic E-state index is 12.3. The van der Waals surface area contributed by atoms with Crippen LogP contribution in [0.25, 0.3) is 16.5 Å². The van der Waals surface area contributed by atoms with Gasteiger partial charge in [0.15, 0.2) is 5.88 Å². The third kappa shape index (κ3) is 1.71. The number of nitrogens with one attached hydrogen (secondary N) is 1. The monoisotopic (exact) mass is 330 g/mol. The van der Waals surface area contributed by atoms with E-state index in [2.05, 4.69) is 9.98 Å². The molecular weight excluding hydrogens is 323 g/mol. The molecular formula is C16H8Cl2N2O2. The summed E-state index contributed by atoms with van der Waals surface area (Å²) >= 11 is 12.2. The molecule has 2 heterocycles. The summed E-state index contributed by atoms with van der Waals surface area (Å²) in [6.45, 7) is 0. The van der Waals surface area contributed by atoms with Gasteiger partial charge in [-0.1, -0.05) is 47.5 Å². The number of halogens is 2. The van der Waals surface area contributed by atoms with Crippen molar-refractivity contribution in [2.24, 2.45) is 4.99 Å². The predicted molar refractivity (Wildman–Crippen MR) is 84.7 cm³/mol. The highest BCUT2D eigenvalue weighted by atomic mass is 35.5. The molecule has 0 fully saturated rings. The predicted octanol–water partition coefficient (Wildman–Crippen LogP) is 2.54. The Labute approximate surface area is 134 Å². The van der Waals surface area contributed by atoms with Gasteiger partial charge in [0.2, 0.25) is 0 Å². The Kier molecular flexibility index (Phi) is 2.79. The van der Waals surface area contributed by atoms with E-state index >= 15 is 0 Å². The smallest absolute Gasteiger partial charge is 0.279 e. The van der Waals surface area contributed by atoms with Crippen LogP contribution in [0.2, 0.25) is 10.0 Å². The van der Waals surface area contributed by atoms with Crippen LogP contribution >= 0.6 is 23.2 Å². The minimum Gasteiger partial charge on any atom is -0.494 e. The van der Waals surface area contributed by atoms with E-state index in [4.69, 9.17) is 23.2 Å². The fraction of sp³-hybridized carbons (Fsp3) is 0. The second-order valence-electron chi connectivity index (χ2n) is 4.94. The third-order valence-corrected chi connectivity index (χ3v) is 4.32. The number of aromatic nitrogens is 1. The van der Waals surface area contributed by atoms with E-state index in [9.17, 15) is 9.90 Å². The minimum absolute atomic E-state index is 0.116. The lowest BCUT2D eigenvalue weighted by Gasteiger charge is -2.00. The number of carbonyl (C=O) groups is 1. The largest absolute Gasteiger partial charge is 0.494 e. The van der Waals surface area contributed by atoms with Crippen LogP contribution in [0.1, 0.15) is 5.56 Å². The maximum Gasteiger partial charge on any atom is 0.279 e. The maximum atomic E-state index is 12.3. The molecule has 1 aliphatic heterocycles. The average molecular weight is 331 g/mol. The average Bonchev–Trinajstić information content (AvgIpc) is 2.98. The molecule has 4 nitrogen and oxygen atoms in total. The number of H-pyrrole nitrogens is 1. The van der Waals surface area contributed by atoms with Crippen LogP contribution in [0.3, 0.4) is 0 Å². The van der Waals surface area contributed by atoms with Crippen molar-refractivity contribution in [3.63, 3.8) is 0 Å². The molecule has 2 N–H and O–H groups in total. The van der Waals surface area contributed by atoms with Gasteiger partial charge in [-0.3, -0.25) is 4.79 Å². The lowest BCUT2D eigenvalue weighted by molar-refractivity contribution is -0.112. The van der Waals surface area contributed by atoms with Crippen LogP contribution in [0.5, 0.6) is 5.88 Å². The van der Waals surface area contributed by atoms with Gasteiger partial charge in [0.05, 0.1) is 32.1 Å². The van der Waals surface area contributed by atoms with Gasteiger partial charge in [0, 0.05) is 10.6 Å². The number of amides is 1. The molecule has 0 aliphatic carbocycles.